The number of alkyl halides is 3. The fraction of sp³-hybridized carbons (Fsp3) is 0.304. The van der Waals surface area contributed by atoms with Crippen molar-refractivity contribution in [2.24, 2.45) is 5.73 Å². The first kappa shape index (κ1) is 25.0. The highest BCUT2D eigenvalue weighted by molar-refractivity contribution is 6.04. The highest BCUT2D eigenvalue weighted by Gasteiger charge is 2.49. The number of hydrogen-bond donors (Lipinski definition) is 2. The molecule has 3 N–H and O–H groups in total. The zero-order valence-corrected chi connectivity index (χ0v) is 19.3. The molecule has 2 heterocycles. The minimum atomic E-state index is -5.14. The van der Waals surface area contributed by atoms with Crippen LogP contribution in [0.4, 0.5) is 18.0 Å². The summed E-state index contributed by atoms with van der Waals surface area (Å²) in [6, 6.07) is 11.5. The number of amides is 3. The molecule has 36 heavy (non-hydrogen) atoms. The van der Waals surface area contributed by atoms with Crippen LogP contribution in [0.25, 0.3) is 16.6 Å². The maximum absolute atomic E-state index is 13.0. The molecule has 0 atom stereocenters. The van der Waals surface area contributed by atoms with Gasteiger partial charge in [0.15, 0.2) is 0 Å². The number of aromatic nitrogens is 2. The molecule has 1 aliphatic rings. The van der Waals surface area contributed by atoms with Gasteiger partial charge in [-0.2, -0.15) is 18.3 Å². The van der Waals surface area contributed by atoms with E-state index < -0.39 is 22.7 Å². The topological polar surface area (TPSA) is 120 Å². The number of nitrogens with two attached hydrogens (primary N) is 1. The number of hydrogen-bond acceptors (Lipinski definition) is 5. The van der Waals surface area contributed by atoms with Crippen LogP contribution in [0.5, 0.6) is 0 Å². The molecule has 4 rings (SSSR count). The normalized spacial score (nSPS) is 15.5. The number of hydroxylamine groups is 3. The van der Waals surface area contributed by atoms with Gasteiger partial charge < -0.3 is 16.0 Å². The lowest BCUT2D eigenvalue weighted by molar-refractivity contribution is -1.10. The number of quaternary nitrogens is 1. The van der Waals surface area contributed by atoms with Gasteiger partial charge >= 0.3 is 18.2 Å². The summed E-state index contributed by atoms with van der Waals surface area (Å²) in [4.78, 5) is 41.7. The van der Waals surface area contributed by atoms with Crippen LogP contribution in [0.3, 0.4) is 0 Å². The van der Waals surface area contributed by atoms with Gasteiger partial charge in [0.1, 0.15) is 25.2 Å². The van der Waals surface area contributed by atoms with E-state index in [0.29, 0.717) is 22.2 Å². The Morgan fingerprint density at radius 2 is 1.78 bits per heavy atom. The second kappa shape index (κ2) is 9.49. The molecule has 0 bridgehead atoms. The minimum Gasteiger partial charge on any atom is -0.366 e. The van der Waals surface area contributed by atoms with Gasteiger partial charge in [-0.25, -0.2) is 14.3 Å². The third-order valence-electron chi connectivity index (χ3n) is 6.04. The van der Waals surface area contributed by atoms with Crippen molar-refractivity contribution in [2.75, 3.05) is 33.2 Å². The summed E-state index contributed by atoms with van der Waals surface area (Å²) in [5, 5.41) is 7.63. The molecule has 0 radical (unpaired) electrons. The minimum absolute atomic E-state index is 0.00255. The van der Waals surface area contributed by atoms with Crippen LogP contribution in [0.1, 0.15) is 15.9 Å². The molecule has 0 spiro atoms. The standard InChI is InChI=1S/C23H23F3N6O4/c1-28-22(35)30-9-11-32(12-10-30,36-21(34)23(24,25)26)14-15-5-7-17(8-6-15)31-13-16-3-2-4-18(20(27)33)19(16)29-31/h2-8,13H,9-12,14H2,1H3,(H2-,27,28,33,35)/p+1. The number of urea groups is 1. The number of fused-ring (bicyclic) bond motifs is 1. The molecular formula is C23H24F3N6O4+. The number of primary amides is 1. The monoisotopic (exact) mass is 505 g/mol. The first-order valence-corrected chi connectivity index (χ1v) is 11.0. The fourth-order valence-corrected chi connectivity index (χ4v) is 4.16. The predicted octanol–water partition coefficient (Wildman–Crippen LogP) is 2.12. The lowest BCUT2D eigenvalue weighted by atomic mass is 10.1. The van der Waals surface area contributed by atoms with Crippen molar-refractivity contribution in [1.29, 1.82) is 0 Å². The molecule has 1 saturated heterocycles. The molecule has 190 valence electrons. The zero-order valence-electron chi connectivity index (χ0n) is 19.3. The number of carbonyl (C=O) groups excluding carboxylic acids is 3. The van der Waals surface area contributed by atoms with Crippen LogP contribution in [-0.4, -0.2) is 76.6 Å². The second-order valence-corrected chi connectivity index (χ2v) is 8.43. The largest absolute Gasteiger partial charge is 0.497 e. The summed E-state index contributed by atoms with van der Waals surface area (Å²) in [7, 11) is 1.46. The summed E-state index contributed by atoms with van der Waals surface area (Å²) < 4.78 is 39.9. The maximum atomic E-state index is 13.0. The number of piperazine rings is 1. The average Bonchev–Trinajstić information content (AvgIpc) is 3.28. The third-order valence-corrected chi connectivity index (χ3v) is 6.04. The summed E-state index contributed by atoms with van der Waals surface area (Å²) in [6.07, 6.45) is -3.41. The number of nitrogens with zero attached hydrogens (tertiary/aromatic N) is 4. The van der Waals surface area contributed by atoms with Gasteiger partial charge in [-0.1, -0.05) is 24.3 Å². The van der Waals surface area contributed by atoms with E-state index in [1.807, 2.05) is 0 Å². The van der Waals surface area contributed by atoms with Crippen molar-refractivity contribution >= 4 is 28.8 Å². The van der Waals surface area contributed by atoms with Gasteiger partial charge in [0.05, 0.1) is 24.3 Å². The Bertz CT molecular complexity index is 1300. The molecule has 1 aliphatic heterocycles. The summed E-state index contributed by atoms with van der Waals surface area (Å²) >= 11 is 0. The molecule has 0 saturated carbocycles. The van der Waals surface area contributed by atoms with Crippen LogP contribution in [-0.2, 0) is 16.2 Å². The molecular weight excluding hydrogens is 481 g/mol. The number of nitrogens with one attached hydrogen (secondary N) is 1. The lowest BCUT2D eigenvalue weighted by Crippen LogP contribution is -2.62. The molecule has 10 nitrogen and oxygen atoms in total. The number of carbonyl (C=O) groups is 3. The highest BCUT2D eigenvalue weighted by Crippen LogP contribution is 2.26. The molecule has 0 aliphatic carbocycles. The quantitative estimate of drug-likeness (QED) is 0.515. The number of rotatable bonds is 5. The van der Waals surface area contributed by atoms with Crippen molar-refractivity contribution in [3.05, 3.63) is 59.8 Å². The smallest absolute Gasteiger partial charge is 0.366 e. The van der Waals surface area contributed by atoms with Gasteiger partial charge in [0.2, 0.25) is 0 Å². The summed E-state index contributed by atoms with van der Waals surface area (Å²) in [5.74, 6) is -2.87. The Morgan fingerprint density at radius 3 is 2.36 bits per heavy atom. The molecule has 1 aromatic heterocycles. The van der Waals surface area contributed by atoms with E-state index in [4.69, 9.17) is 10.6 Å². The van der Waals surface area contributed by atoms with E-state index in [-0.39, 0.29) is 44.3 Å². The van der Waals surface area contributed by atoms with Crippen molar-refractivity contribution in [3.8, 4) is 5.69 Å². The third kappa shape index (κ3) is 5.10. The zero-order chi connectivity index (χ0) is 26.1. The highest BCUT2D eigenvalue weighted by atomic mass is 19.4. The first-order chi connectivity index (χ1) is 17.0. The van der Waals surface area contributed by atoms with E-state index in [0.717, 1.165) is 0 Å². The van der Waals surface area contributed by atoms with Crippen molar-refractivity contribution in [2.45, 2.75) is 12.7 Å². The van der Waals surface area contributed by atoms with Crippen molar-refractivity contribution in [3.63, 3.8) is 0 Å². The van der Waals surface area contributed by atoms with Crippen LogP contribution in [0.2, 0.25) is 0 Å². The average molecular weight is 505 g/mol. The van der Waals surface area contributed by atoms with Crippen LogP contribution in [0, 0.1) is 0 Å². The Morgan fingerprint density at radius 1 is 1.11 bits per heavy atom. The van der Waals surface area contributed by atoms with E-state index in [1.54, 1.807) is 53.3 Å². The Labute approximate surface area is 203 Å². The van der Waals surface area contributed by atoms with Crippen LogP contribution < -0.4 is 11.1 Å². The second-order valence-electron chi connectivity index (χ2n) is 8.43. The van der Waals surface area contributed by atoms with E-state index >= 15 is 0 Å². The van der Waals surface area contributed by atoms with Crippen molar-refractivity contribution in [1.82, 2.24) is 20.0 Å². The molecule has 3 amide bonds. The Kier molecular flexibility index (Phi) is 6.59. The fourth-order valence-electron chi connectivity index (χ4n) is 4.16. The lowest BCUT2D eigenvalue weighted by Gasteiger charge is -2.41. The SMILES string of the molecule is CNC(=O)N1CC[N+](Cc2ccc(-n3cc4cccc(C(N)=O)c4n3)cc2)(OC(=O)C(F)(F)F)CC1. The van der Waals surface area contributed by atoms with Gasteiger partial charge in [0.25, 0.3) is 5.91 Å². The molecule has 13 heteroatoms. The van der Waals surface area contributed by atoms with E-state index in [2.05, 4.69) is 10.4 Å². The van der Waals surface area contributed by atoms with Gasteiger partial charge in [-0.05, 0) is 18.2 Å². The van der Waals surface area contributed by atoms with Crippen LogP contribution in [0.15, 0.2) is 48.7 Å². The summed E-state index contributed by atoms with van der Waals surface area (Å²) in [5.41, 5.74) is 7.43. The number of halogens is 3. The molecule has 3 aromatic rings. The summed E-state index contributed by atoms with van der Waals surface area (Å²) in [6.45, 7) is 0.210. The molecule has 0 unspecified atom stereocenters. The maximum Gasteiger partial charge on any atom is 0.497 e. The van der Waals surface area contributed by atoms with Crippen molar-refractivity contribution < 1.29 is 37.0 Å². The first-order valence-electron chi connectivity index (χ1n) is 11.0. The van der Waals surface area contributed by atoms with Gasteiger partial charge in [0, 0.05) is 24.2 Å². The molecule has 1 fully saturated rings. The number of benzene rings is 2. The van der Waals surface area contributed by atoms with E-state index in [1.165, 1.54) is 11.9 Å². The Hall–Kier alpha value is -4.13. The van der Waals surface area contributed by atoms with Crippen LogP contribution >= 0.6 is 0 Å². The van der Waals surface area contributed by atoms with Gasteiger partial charge in [-0.15, -0.1) is 4.65 Å². The van der Waals surface area contributed by atoms with E-state index in [9.17, 15) is 27.6 Å². The molecule has 2 aromatic carbocycles. The predicted molar refractivity (Wildman–Crippen MR) is 121 cm³/mol. The Balaban J connectivity index is 1.57. The van der Waals surface area contributed by atoms with Gasteiger partial charge in [-0.3, -0.25) is 9.63 Å².